The highest BCUT2D eigenvalue weighted by Gasteiger charge is 2.31. The van der Waals surface area contributed by atoms with Gasteiger partial charge in [0.2, 0.25) is 0 Å². The normalized spacial score (nSPS) is 24.1. The Morgan fingerprint density at radius 2 is 2.06 bits per heavy atom. The van der Waals surface area contributed by atoms with Crippen LogP contribution in [0.4, 0.5) is 0 Å². The molecule has 1 aromatic rings. The number of likely N-dealkylation sites (tertiary alicyclic amines) is 1. The predicted octanol–water partition coefficient (Wildman–Crippen LogP) is 1.70. The third-order valence-corrected chi connectivity index (χ3v) is 3.65. The monoisotopic (exact) mass is 247 g/mol. The van der Waals surface area contributed by atoms with E-state index < -0.39 is 0 Å². The maximum Gasteiger partial charge on any atom is 0.118 e. The summed E-state index contributed by atoms with van der Waals surface area (Å²) >= 11 is 0. The van der Waals surface area contributed by atoms with E-state index in [2.05, 4.69) is 24.0 Å². The molecule has 0 aliphatic carbocycles. The summed E-state index contributed by atoms with van der Waals surface area (Å²) < 4.78 is 5.15. The first-order valence-electron chi connectivity index (χ1n) is 6.29. The molecule has 0 saturated carbocycles. The molecule has 1 aliphatic rings. The lowest BCUT2D eigenvalue weighted by atomic mass is 9.97. The van der Waals surface area contributed by atoms with Gasteiger partial charge in [-0.2, -0.15) is 0 Å². The summed E-state index contributed by atoms with van der Waals surface area (Å²) in [4.78, 5) is 2.36. The Morgan fingerprint density at radius 3 is 2.56 bits per heavy atom. The van der Waals surface area contributed by atoms with Gasteiger partial charge in [0.15, 0.2) is 0 Å². The van der Waals surface area contributed by atoms with Gasteiger partial charge >= 0.3 is 0 Å². The minimum atomic E-state index is 0.211. The van der Waals surface area contributed by atoms with Crippen LogP contribution in [0.2, 0.25) is 0 Å². The molecule has 0 bridgehead atoms. The molecule has 98 valence electrons. The van der Waals surface area contributed by atoms with Crippen LogP contribution < -0.4 is 10.5 Å². The molecule has 0 amide bonds. The fourth-order valence-electron chi connectivity index (χ4n) is 2.59. The average molecular weight is 247 g/mol. The molecule has 4 nitrogen and oxygen atoms in total. The zero-order chi connectivity index (χ0) is 13.1. The first-order chi connectivity index (χ1) is 8.60. The maximum atomic E-state index is 7.58. The fraction of sp³-hybridized carbons (Fsp3) is 0.500. The Morgan fingerprint density at radius 1 is 1.39 bits per heavy atom. The van der Waals surface area contributed by atoms with Crippen molar-refractivity contribution in [2.24, 2.45) is 17.6 Å². The lowest BCUT2D eigenvalue weighted by molar-refractivity contribution is 0.318. The largest absolute Gasteiger partial charge is 0.497 e. The molecule has 1 aliphatic heterocycles. The third kappa shape index (κ3) is 2.82. The quantitative estimate of drug-likeness (QED) is 0.629. The average Bonchev–Trinajstić information content (AvgIpc) is 2.71. The molecule has 2 atom stereocenters. The predicted molar refractivity (Wildman–Crippen MR) is 72.8 cm³/mol. The van der Waals surface area contributed by atoms with E-state index in [-0.39, 0.29) is 5.92 Å². The zero-order valence-corrected chi connectivity index (χ0v) is 11.0. The highest BCUT2D eigenvalue weighted by Crippen LogP contribution is 2.24. The maximum absolute atomic E-state index is 7.58. The minimum absolute atomic E-state index is 0.211. The molecule has 1 aromatic carbocycles. The van der Waals surface area contributed by atoms with Crippen molar-refractivity contribution in [3.63, 3.8) is 0 Å². The standard InChI is InChI=1S/C14H21N3O/c1-10-7-17(9-13(10)14(15)16)8-11-3-5-12(18-2)6-4-11/h3-6,10,13H,7-9H2,1-2H3,(H3,15,16). The van der Waals surface area contributed by atoms with Crippen LogP contribution in [-0.2, 0) is 6.54 Å². The lowest BCUT2D eigenvalue weighted by Crippen LogP contribution is -2.28. The van der Waals surface area contributed by atoms with Gasteiger partial charge in [-0.15, -0.1) is 0 Å². The fourth-order valence-corrected chi connectivity index (χ4v) is 2.59. The number of nitrogens with one attached hydrogen (secondary N) is 1. The molecule has 4 heteroatoms. The number of ether oxygens (including phenoxy) is 1. The Hall–Kier alpha value is -1.55. The van der Waals surface area contributed by atoms with Crippen molar-refractivity contribution in [1.29, 1.82) is 5.41 Å². The van der Waals surface area contributed by atoms with Crippen molar-refractivity contribution >= 4 is 5.84 Å². The van der Waals surface area contributed by atoms with E-state index >= 15 is 0 Å². The molecule has 1 saturated heterocycles. The van der Waals surface area contributed by atoms with Crippen LogP contribution in [0.15, 0.2) is 24.3 Å². The summed E-state index contributed by atoms with van der Waals surface area (Å²) in [5, 5.41) is 7.58. The summed E-state index contributed by atoms with van der Waals surface area (Å²) in [6.45, 7) is 4.98. The molecule has 1 fully saturated rings. The van der Waals surface area contributed by atoms with E-state index in [9.17, 15) is 0 Å². The first kappa shape index (κ1) is 12.9. The van der Waals surface area contributed by atoms with E-state index in [1.807, 2.05) is 12.1 Å². The Bertz CT molecular complexity index is 416. The van der Waals surface area contributed by atoms with Crippen molar-refractivity contribution in [3.05, 3.63) is 29.8 Å². The van der Waals surface area contributed by atoms with Crippen molar-refractivity contribution in [2.45, 2.75) is 13.5 Å². The highest BCUT2D eigenvalue weighted by atomic mass is 16.5. The number of nitrogens with zero attached hydrogens (tertiary/aromatic N) is 1. The van der Waals surface area contributed by atoms with Gasteiger partial charge in [0.05, 0.1) is 12.9 Å². The Balaban J connectivity index is 1.96. The van der Waals surface area contributed by atoms with Crippen LogP contribution in [0.5, 0.6) is 5.75 Å². The molecule has 0 aromatic heterocycles. The summed E-state index contributed by atoms with van der Waals surface area (Å²) in [5.41, 5.74) is 6.89. The van der Waals surface area contributed by atoms with Gasteiger partial charge < -0.3 is 10.5 Å². The second kappa shape index (κ2) is 5.40. The summed E-state index contributed by atoms with van der Waals surface area (Å²) in [6.07, 6.45) is 0. The van der Waals surface area contributed by atoms with Crippen LogP contribution in [0.25, 0.3) is 0 Å². The van der Waals surface area contributed by atoms with Gasteiger partial charge in [-0.3, -0.25) is 10.3 Å². The van der Waals surface area contributed by atoms with Gasteiger partial charge in [0.1, 0.15) is 5.75 Å². The minimum Gasteiger partial charge on any atom is -0.497 e. The van der Waals surface area contributed by atoms with Crippen LogP contribution in [-0.4, -0.2) is 30.9 Å². The van der Waals surface area contributed by atoms with Crippen molar-refractivity contribution in [3.8, 4) is 5.75 Å². The second-order valence-electron chi connectivity index (χ2n) is 5.08. The Kier molecular flexibility index (Phi) is 3.87. The van der Waals surface area contributed by atoms with Gasteiger partial charge in [-0.05, 0) is 23.6 Å². The number of methoxy groups -OCH3 is 1. The summed E-state index contributed by atoms with van der Waals surface area (Å²) in [5.74, 6) is 1.89. The smallest absolute Gasteiger partial charge is 0.118 e. The molecular weight excluding hydrogens is 226 g/mol. The molecule has 18 heavy (non-hydrogen) atoms. The number of benzene rings is 1. The molecule has 2 rings (SSSR count). The van der Waals surface area contributed by atoms with E-state index in [1.54, 1.807) is 7.11 Å². The van der Waals surface area contributed by atoms with Gasteiger partial charge in [0, 0.05) is 25.6 Å². The number of hydrogen-bond acceptors (Lipinski definition) is 3. The van der Waals surface area contributed by atoms with Gasteiger partial charge in [-0.1, -0.05) is 19.1 Å². The van der Waals surface area contributed by atoms with E-state index in [4.69, 9.17) is 15.9 Å². The second-order valence-corrected chi connectivity index (χ2v) is 5.08. The lowest BCUT2D eigenvalue weighted by Gasteiger charge is -2.15. The van der Waals surface area contributed by atoms with Crippen LogP contribution in [0.1, 0.15) is 12.5 Å². The first-order valence-corrected chi connectivity index (χ1v) is 6.29. The number of amidine groups is 1. The summed E-state index contributed by atoms with van der Waals surface area (Å²) in [7, 11) is 1.68. The van der Waals surface area contributed by atoms with Crippen LogP contribution in [0.3, 0.4) is 0 Å². The topological polar surface area (TPSA) is 62.3 Å². The van der Waals surface area contributed by atoms with E-state index in [0.29, 0.717) is 11.8 Å². The highest BCUT2D eigenvalue weighted by molar-refractivity contribution is 5.80. The zero-order valence-electron chi connectivity index (χ0n) is 11.0. The molecule has 2 unspecified atom stereocenters. The van der Waals surface area contributed by atoms with Crippen LogP contribution in [0, 0.1) is 17.2 Å². The van der Waals surface area contributed by atoms with Crippen molar-refractivity contribution < 1.29 is 4.74 Å². The van der Waals surface area contributed by atoms with Crippen molar-refractivity contribution in [2.75, 3.05) is 20.2 Å². The molecule has 1 heterocycles. The molecular formula is C14H21N3O. The number of nitrogens with two attached hydrogens (primary N) is 1. The van der Waals surface area contributed by atoms with E-state index in [0.717, 1.165) is 25.4 Å². The van der Waals surface area contributed by atoms with Gasteiger partial charge in [0.25, 0.3) is 0 Å². The molecule has 0 radical (unpaired) electrons. The number of hydrogen-bond donors (Lipinski definition) is 2. The molecule has 0 spiro atoms. The number of rotatable bonds is 4. The van der Waals surface area contributed by atoms with Crippen molar-refractivity contribution in [1.82, 2.24) is 4.90 Å². The van der Waals surface area contributed by atoms with Crippen LogP contribution >= 0.6 is 0 Å². The Labute approximate surface area is 108 Å². The third-order valence-electron chi connectivity index (χ3n) is 3.65. The molecule has 3 N–H and O–H groups in total. The summed E-state index contributed by atoms with van der Waals surface area (Å²) in [6, 6.07) is 8.14. The van der Waals surface area contributed by atoms with Gasteiger partial charge in [-0.25, -0.2) is 0 Å². The SMILES string of the molecule is COc1ccc(CN2CC(C)C(C(=N)N)C2)cc1. The van der Waals surface area contributed by atoms with E-state index in [1.165, 1.54) is 5.56 Å².